The van der Waals surface area contributed by atoms with Gasteiger partial charge in [0.05, 0.1) is 11.7 Å². The molecule has 3 nitrogen and oxygen atoms in total. The molecule has 3 heterocycles. The van der Waals surface area contributed by atoms with E-state index in [9.17, 15) is 0 Å². The minimum atomic E-state index is -0.189. The van der Waals surface area contributed by atoms with Gasteiger partial charge in [0.2, 0.25) is 0 Å². The third-order valence-electron chi connectivity index (χ3n) is 10.6. The van der Waals surface area contributed by atoms with E-state index in [1.54, 1.807) is 34.8 Å². The lowest BCUT2D eigenvalue weighted by molar-refractivity contribution is 0.432. The molecule has 2 atom stereocenters. The Labute approximate surface area is 320 Å². The zero-order valence-corrected chi connectivity index (χ0v) is 33.6. The smallest absolute Gasteiger partial charge is 0.132 e. The molecule has 8 heteroatoms. The van der Waals surface area contributed by atoms with E-state index >= 15 is 8.78 Å². The maximum atomic E-state index is 15.6. The number of benzene rings is 3. The third kappa shape index (κ3) is 8.57. The summed E-state index contributed by atoms with van der Waals surface area (Å²) in [7, 11) is 0. The molecule has 3 aromatic heterocycles. The largest absolute Gasteiger partial charge is 0.330 e. The molecular formula is C44H51F2N3S3. The number of hydrogen-bond acceptors (Lipinski definition) is 6. The molecule has 2 N–H and O–H groups in total. The Balaban J connectivity index is 1.23. The van der Waals surface area contributed by atoms with Crippen molar-refractivity contribution in [2.45, 2.75) is 98.8 Å². The van der Waals surface area contributed by atoms with Crippen LogP contribution in [0.4, 0.5) is 8.78 Å². The second-order valence-corrected chi connectivity index (χ2v) is 17.0. The van der Waals surface area contributed by atoms with Crippen molar-refractivity contribution in [3.63, 3.8) is 0 Å². The maximum Gasteiger partial charge on any atom is 0.132 e. The second-order valence-electron chi connectivity index (χ2n) is 14.4. The van der Waals surface area contributed by atoms with Crippen molar-refractivity contribution in [3.05, 3.63) is 94.6 Å². The molecule has 6 aromatic rings. The van der Waals surface area contributed by atoms with Crippen LogP contribution in [-0.2, 0) is 12.8 Å². The Bertz CT molecular complexity index is 2110. The van der Waals surface area contributed by atoms with Crippen LogP contribution >= 0.6 is 34.4 Å². The van der Waals surface area contributed by atoms with Crippen molar-refractivity contribution >= 4 is 45.4 Å². The average molecular weight is 756 g/mol. The van der Waals surface area contributed by atoms with E-state index < -0.39 is 0 Å². The number of thiophene rings is 2. The molecule has 274 valence electrons. The van der Waals surface area contributed by atoms with E-state index in [-0.39, 0.29) is 11.6 Å². The molecule has 0 radical (unpaired) electrons. The highest BCUT2D eigenvalue weighted by Gasteiger charge is 2.21. The normalized spacial score (nSPS) is 12.9. The Morgan fingerprint density at radius 1 is 0.615 bits per heavy atom. The molecular weight excluding hydrogens is 705 g/mol. The summed E-state index contributed by atoms with van der Waals surface area (Å²) in [5.41, 5.74) is 15.2. The average Bonchev–Trinajstić information content (AvgIpc) is 3.88. The molecule has 6 rings (SSSR count). The lowest BCUT2D eigenvalue weighted by Crippen LogP contribution is -2.15. The standard InChI is InChI=1S/C44H51F2N3S3/c1-6-9-11-32(26-47)15-14-31-17-19-34(38(46)25-31)40-23-28(5)44(51-40)36-21-20-35(41-42(36)49-52-48-41)43-27(4)22-39(50-43)33-18-16-30(24-37(33)45)13-12-29(8-3)10-7-2/h16-25,29,32H,6-15,26,47H2,1-5H3. The SMILES string of the molecule is CCCCC(CN)CCc1ccc(-c2cc(C)c(-c3ccc(-c4sc(-c5ccc(CCC(CC)CCC)cc5F)cc4C)c4nsnc34)s2)c(F)c1. The highest BCUT2D eigenvalue weighted by molar-refractivity contribution is 7.19. The molecule has 0 aliphatic heterocycles. The Hall–Kier alpha value is -3.30. The molecule has 0 aliphatic carbocycles. The lowest BCUT2D eigenvalue weighted by atomic mass is 9.93. The number of aromatic nitrogens is 2. The number of aryl methyl sites for hydroxylation is 4. The summed E-state index contributed by atoms with van der Waals surface area (Å²) < 4.78 is 40.7. The first kappa shape index (κ1) is 38.4. The van der Waals surface area contributed by atoms with Crippen LogP contribution in [0, 0.1) is 37.3 Å². The van der Waals surface area contributed by atoms with Gasteiger partial charge in [0.25, 0.3) is 0 Å². The molecule has 0 saturated carbocycles. The fourth-order valence-electron chi connectivity index (χ4n) is 7.40. The fraction of sp³-hybridized carbons (Fsp3) is 0.409. The van der Waals surface area contributed by atoms with E-state index in [0.29, 0.717) is 29.5 Å². The van der Waals surface area contributed by atoms with Crippen molar-refractivity contribution in [1.82, 2.24) is 8.75 Å². The predicted molar refractivity (Wildman–Crippen MR) is 222 cm³/mol. The Morgan fingerprint density at radius 2 is 1.12 bits per heavy atom. The highest BCUT2D eigenvalue weighted by atomic mass is 32.1. The van der Waals surface area contributed by atoms with Gasteiger partial charge < -0.3 is 5.73 Å². The zero-order chi connectivity index (χ0) is 36.8. The zero-order valence-electron chi connectivity index (χ0n) is 31.2. The number of fused-ring (bicyclic) bond motifs is 1. The van der Waals surface area contributed by atoms with E-state index in [0.717, 1.165) is 96.0 Å². The first-order valence-corrected chi connectivity index (χ1v) is 21.3. The molecule has 0 bridgehead atoms. The molecule has 2 unspecified atom stereocenters. The fourth-order valence-corrected chi connectivity index (χ4v) is 10.4. The first-order chi connectivity index (χ1) is 25.2. The summed E-state index contributed by atoms with van der Waals surface area (Å²) in [6.45, 7) is 11.5. The minimum absolute atomic E-state index is 0.164. The second kappa shape index (κ2) is 17.7. The van der Waals surface area contributed by atoms with Gasteiger partial charge in [-0.3, -0.25) is 0 Å². The molecule has 3 aromatic carbocycles. The molecule has 0 aliphatic rings. The molecule has 0 fully saturated rings. The Kier molecular flexibility index (Phi) is 13.1. The van der Waals surface area contributed by atoms with Crippen LogP contribution in [0.2, 0.25) is 0 Å². The number of unbranched alkanes of at least 4 members (excludes halogenated alkanes) is 1. The van der Waals surface area contributed by atoms with E-state index in [4.69, 9.17) is 14.5 Å². The maximum absolute atomic E-state index is 15.6. The molecule has 0 saturated heterocycles. The topological polar surface area (TPSA) is 51.8 Å². The number of hydrogen-bond donors (Lipinski definition) is 1. The van der Waals surface area contributed by atoms with Gasteiger partial charge in [0.15, 0.2) is 0 Å². The van der Waals surface area contributed by atoms with Gasteiger partial charge in [0, 0.05) is 41.8 Å². The van der Waals surface area contributed by atoms with Crippen molar-refractivity contribution in [3.8, 4) is 41.8 Å². The predicted octanol–water partition coefficient (Wildman–Crippen LogP) is 13.8. The van der Waals surface area contributed by atoms with E-state index in [1.165, 1.54) is 43.8 Å². The summed E-state index contributed by atoms with van der Waals surface area (Å²) in [6.07, 6.45) is 10.9. The van der Waals surface area contributed by atoms with Crippen molar-refractivity contribution < 1.29 is 8.78 Å². The van der Waals surface area contributed by atoms with Gasteiger partial charge in [-0.25, -0.2) is 8.78 Å². The summed E-state index contributed by atoms with van der Waals surface area (Å²) in [4.78, 5) is 3.95. The summed E-state index contributed by atoms with van der Waals surface area (Å²) in [5, 5.41) is 0. The van der Waals surface area contributed by atoms with Gasteiger partial charge in [0.1, 0.15) is 22.7 Å². The van der Waals surface area contributed by atoms with Gasteiger partial charge in [-0.15, -0.1) is 22.7 Å². The van der Waals surface area contributed by atoms with Crippen LogP contribution in [0.5, 0.6) is 0 Å². The number of nitrogens with two attached hydrogens (primary N) is 1. The van der Waals surface area contributed by atoms with Crippen molar-refractivity contribution in [2.24, 2.45) is 17.6 Å². The number of halogens is 2. The van der Waals surface area contributed by atoms with Crippen molar-refractivity contribution in [2.75, 3.05) is 6.54 Å². The van der Waals surface area contributed by atoms with Gasteiger partial charge in [-0.2, -0.15) is 8.75 Å². The monoisotopic (exact) mass is 755 g/mol. The summed E-state index contributed by atoms with van der Waals surface area (Å²) in [6, 6.07) is 19.8. The lowest BCUT2D eigenvalue weighted by Gasteiger charge is -2.14. The van der Waals surface area contributed by atoms with Crippen LogP contribution in [0.15, 0.2) is 60.7 Å². The van der Waals surface area contributed by atoms with E-state index in [2.05, 4.69) is 71.0 Å². The minimum Gasteiger partial charge on any atom is -0.330 e. The van der Waals surface area contributed by atoms with Gasteiger partial charge >= 0.3 is 0 Å². The van der Waals surface area contributed by atoms with E-state index in [1.807, 2.05) is 12.1 Å². The summed E-state index contributed by atoms with van der Waals surface area (Å²) in [5.74, 6) is 0.831. The number of nitrogens with zero attached hydrogens (tertiary/aromatic N) is 2. The molecule has 52 heavy (non-hydrogen) atoms. The third-order valence-corrected chi connectivity index (χ3v) is 13.7. The first-order valence-electron chi connectivity index (χ1n) is 19.0. The van der Waals surface area contributed by atoms with Gasteiger partial charge in [-0.05, 0) is 111 Å². The molecule has 0 spiro atoms. The van der Waals surface area contributed by atoms with Crippen LogP contribution in [0.25, 0.3) is 52.8 Å². The van der Waals surface area contributed by atoms with Crippen molar-refractivity contribution in [1.29, 1.82) is 0 Å². The van der Waals surface area contributed by atoms with Crippen LogP contribution < -0.4 is 5.73 Å². The molecule has 0 amide bonds. The summed E-state index contributed by atoms with van der Waals surface area (Å²) >= 11 is 4.40. The highest BCUT2D eigenvalue weighted by Crippen LogP contribution is 2.46. The van der Waals surface area contributed by atoms with Crippen LogP contribution in [0.1, 0.15) is 94.4 Å². The van der Waals surface area contributed by atoms with Crippen LogP contribution in [-0.4, -0.2) is 15.3 Å². The number of rotatable bonds is 17. The van der Waals surface area contributed by atoms with Crippen LogP contribution in [0.3, 0.4) is 0 Å². The Morgan fingerprint density at radius 3 is 1.56 bits per heavy atom. The quantitative estimate of drug-likeness (QED) is 0.101. The van der Waals surface area contributed by atoms with Gasteiger partial charge in [-0.1, -0.05) is 89.3 Å².